The van der Waals surface area contributed by atoms with E-state index in [0.29, 0.717) is 10.7 Å². The van der Waals surface area contributed by atoms with Gasteiger partial charge in [-0.15, -0.1) is 0 Å². The third-order valence-corrected chi connectivity index (χ3v) is 1.90. The lowest BCUT2D eigenvalue weighted by atomic mass is 10.4. The van der Waals surface area contributed by atoms with Crippen LogP contribution in [0, 0.1) is 0 Å². The fourth-order valence-electron chi connectivity index (χ4n) is 0.805. The number of furan rings is 1. The van der Waals surface area contributed by atoms with E-state index in [1.54, 1.807) is 0 Å². The molecule has 0 aliphatic carbocycles. The molecule has 2 amide bonds. The Morgan fingerprint density at radius 1 is 1.24 bits per heavy atom. The molecule has 0 aliphatic rings. The number of halogens is 1. The highest BCUT2D eigenvalue weighted by atomic mass is 79.9. The van der Waals surface area contributed by atoms with E-state index in [9.17, 15) is 14.4 Å². The Labute approximate surface area is 104 Å². The fourth-order valence-corrected chi connectivity index (χ4v) is 1.11. The van der Waals surface area contributed by atoms with Gasteiger partial charge in [0, 0.05) is 12.2 Å². The van der Waals surface area contributed by atoms with Crippen LogP contribution in [0.4, 0.5) is 0 Å². The topological polar surface area (TPSA) is 109 Å². The second kappa shape index (κ2) is 5.85. The quantitative estimate of drug-likeness (QED) is 0.555. The number of carboxylic acids is 1. The second-order valence-electron chi connectivity index (χ2n) is 2.72. The van der Waals surface area contributed by atoms with Crippen molar-refractivity contribution in [2.24, 2.45) is 0 Å². The molecule has 0 bridgehead atoms. The maximum Gasteiger partial charge on any atom is 0.328 e. The maximum atomic E-state index is 11.3. The Bertz CT molecular complexity index is 479. The number of carboxylic acid groups (broad SMARTS) is 1. The van der Waals surface area contributed by atoms with Gasteiger partial charge in [0.1, 0.15) is 0 Å². The van der Waals surface area contributed by atoms with Gasteiger partial charge in [0.25, 0.3) is 5.91 Å². The summed E-state index contributed by atoms with van der Waals surface area (Å²) >= 11 is 3.01. The smallest absolute Gasteiger partial charge is 0.328 e. The van der Waals surface area contributed by atoms with Crippen LogP contribution in [-0.2, 0) is 9.59 Å². The molecular formula is C9H7BrN2O5. The third kappa shape index (κ3) is 4.51. The third-order valence-electron chi connectivity index (χ3n) is 1.47. The van der Waals surface area contributed by atoms with Crippen LogP contribution in [0.25, 0.3) is 0 Å². The molecule has 0 fully saturated rings. The summed E-state index contributed by atoms with van der Waals surface area (Å²) in [5.74, 6) is -2.69. The van der Waals surface area contributed by atoms with E-state index >= 15 is 0 Å². The van der Waals surface area contributed by atoms with Crippen molar-refractivity contribution in [1.29, 1.82) is 0 Å². The minimum Gasteiger partial charge on any atom is -0.478 e. The first-order valence-electron chi connectivity index (χ1n) is 4.25. The zero-order valence-electron chi connectivity index (χ0n) is 8.27. The van der Waals surface area contributed by atoms with Crippen molar-refractivity contribution in [1.82, 2.24) is 10.9 Å². The lowest BCUT2D eigenvalue weighted by molar-refractivity contribution is -0.131. The van der Waals surface area contributed by atoms with Gasteiger partial charge in [-0.05, 0) is 28.1 Å². The van der Waals surface area contributed by atoms with Gasteiger partial charge in [-0.25, -0.2) is 4.79 Å². The first kappa shape index (κ1) is 13.0. The van der Waals surface area contributed by atoms with Crippen molar-refractivity contribution in [3.8, 4) is 0 Å². The minimum atomic E-state index is -1.26. The second-order valence-corrected chi connectivity index (χ2v) is 3.50. The molecule has 8 heteroatoms. The summed E-state index contributed by atoms with van der Waals surface area (Å²) in [5.41, 5.74) is 4.02. The number of rotatable bonds is 3. The largest absolute Gasteiger partial charge is 0.478 e. The fraction of sp³-hybridized carbons (Fsp3) is 0. The summed E-state index contributed by atoms with van der Waals surface area (Å²) in [6.07, 6.45) is 1.41. The highest BCUT2D eigenvalue weighted by Gasteiger charge is 2.10. The Balaban J connectivity index is 2.43. The zero-order valence-corrected chi connectivity index (χ0v) is 9.85. The summed E-state index contributed by atoms with van der Waals surface area (Å²) in [5, 5.41) is 8.25. The normalized spacial score (nSPS) is 10.2. The van der Waals surface area contributed by atoms with Crippen molar-refractivity contribution >= 4 is 33.7 Å². The van der Waals surface area contributed by atoms with Crippen LogP contribution in [0.2, 0.25) is 0 Å². The van der Waals surface area contributed by atoms with Crippen LogP contribution >= 0.6 is 15.9 Å². The molecule has 0 spiro atoms. The summed E-state index contributed by atoms with van der Waals surface area (Å²) in [6.45, 7) is 0. The van der Waals surface area contributed by atoms with Crippen LogP contribution < -0.4 is 10.9 Å². The van der Waals surface area contributed by atoms with E-state index < -0.39 is 17.8 Å². The molecule has 0 unspecified atom stereocenters. The van der Waals surface area contributed by atoms with Crippen LogP contribution in [-0.4, -0.2) is 22.9 Å². The van der Waals surface area contributed by atoms with Gasteiger partial charge in [-0.2, -0.15) is 0 Å². The molecule has 3 N–H and O–H groups in total. The minimum absolute atomic E-state index is 0.000566. The molecule has 90 valence electrons. The van der Waals surface area contributed by atoms with E-state index in [1.165, 1.54) is 12.1 Å². The van der Waals surface area contributed by atoms with Crippen molar-refractivity contribution in [2.75, 3.05) is 0 Å². The Hall–Kier alpha value is -2.09. The average Bonchev–Trinajstić information content (AvgIpc) is 2.70. The van der Waals surface area contributed by atoms with E-state index in [2.05, 4.69) is 15.9 Å². The van der Waals surface area contributed by atoms with Crippen LogP contribution in [0.15, 0.2) is 33.4 Å². The predicted molar refractivity (Wildman–Crippen MR) is 58.8 cm³/mol. The molecule has 17 heavy (non-hydrogen) atoms. The summed E-state index contributed by atoms with van der Waals surface area (Å²) in [7, 11) is 0. The molecule has 1 rings (SSSR count). The predicted octanol–water partition coefficient (Wildman–Crippen LogP) is 0.444. The van der Waals surface area contributed by atoms with E-state index in [0.717, 1.165) is 6.08 Å². The van der Waals surface area contributed by atoms with Gasteiger partial charge in [-0.3, -0.25) is 20.4 Å². The van der Waals surface area contributed by atoms with Crippen LogP contribution in [0.3, 0.4) is 0 Å². The Morgan fingerprint density at radius 3 is 2.47 bits per heavy atom. The van der Waals surface area contributed by atoms with Gasteiger partial charge in [0.05, 0.1) is 0 Å². The van der Waals surface area contributed by atoms with E-state index in [1.807, 2.05) is 10.9 Å². The lowest BCUT2D eigenvalue weighted by Crippen LogP contribution is -2.40. The summed E-state index contributed by atoms with van der Waals surface area (Å²) in [4.78, 5) is 32.4. The number of carbonyl (C=O) groups excluding carboxylic acids is 2. The van der Waals surface area contributed by atoms with Gasteiger partial charge in [0.2, 0.25) is 0 Å². The molecular weight excluding hydrogens is 296 g/mol. The first-order valence-corrected chi connectivity index (χ1v) is 5.05. The number of amides is 2. The van der Waals surface area contributed by atoms with Crippen molar-refractivity contribution in [3.05, 3.63) is 34.7 Å². The molecule has 0 aliphatic heterocycles. The Kier molecular flexibility index (Phi) is 4.46. The number of carbonyl (C=O) groups is 3. The highest BCUT2D eigenvalue weighted by Crippen LogP contribution is 2.13. The number of hydrogen-bond donors (Lipinski definition) is 3. The molecule has 0 saturated carbocycles. The highest BCUT2D eigenvalue weighted by molar-refractivity contribution is 9.10. The number of hydrazine groups is 1. The van der Waals surface area contributed by atoms with E-state index in [-0.39, 0.29) is 5.76 Å². The van der Waals surface area contributed by atoms with Gasteiger partial charge in [0.15, 0.2) is 10.4 Å². The SMILES string of the molecule is O=C(O)C=CC(=O)NNC(=O)c1ccc(Br)o1. The number of hydrogen-bond acceptors (Lipinski definition) is 4. The molecule has 1 aromatic heterocycles. The standard InChI is InChI=1S/C9H7BrN2O5/c10-6-2-1-5(17-6)9(16)12-11-7(13)3-4-8(14)15/h1-4H,(H,11,13)(H,12,16)(H,14,15). The van der Waals surface area contributed by atoms with Gasteiger partial charge < -0.3 is 9.52 Å². The Morgan fingerprint density at radius 2 is 1.94 bits per heavy atom. The molecule has 0 radical (unpaired) electrons. The van der Waals surface area contributed by atoms with Gasteiger partial charge >= 0.3 is 11.9 Å². The van der Waals surface area contributed by atoms with Crippen molar-refractivity contribution in [2.45, 2.75) is 0 Å². The van der Waals surface area contributed by atoms with Crippen LogP contribution in [0.5, 0.6) is 0 Å². The first-order chi connectivity index (χ1) is 7.99. The lowest BCUT2D eigenvalue weighted by Gasteiger charge is -2.02. The molecule has 1 aromatic rings. The number of nitrogens with one attached hydrogen (secondary N) is 2. The molecule has 1 heterocycles. The molecule has 0 aromatic carbocycles. The molecule has 0 saturated heterocycles. The number of aliphatic carboxylic acids is 1. The monoisotopic (exact) mass is 302 g/mol. The zero-order chi connectivity index (χ0) is 12.8. The van der Waals surface area contributed by atoms with Gasteiger partial charge in [-0.1, -0.05) is 0 Å². The van der Waals surface area contributed by atoms with Crippen molar-refractivity contribution in [3.63, 3.8) is 0 Å². The average molecular weight is 303 g/mol. The molecule has 7 nitrogen and oxygen atoms in total. The van der Waals surface area contributed by atoms with Crippen molar-refractivity contribution < 1.29 is 23.9 Å². The summed E-state index contributed by atoms with van der Waals surface area (Å²) < 4.78 is 5.29. The summed E-state index contributed by atoms with van der Waals surface area (Å²) in [6, 6.07) is 2.92. The molecule has 0 atom stereocenters. The van der Waals surface area contributed by atoms with Crippen LogP contribution in [0.1, 0.15) is 10.6 Å². The van der Waals surface area contributed by atoms with E-state index in [4.69, 9.17) is 9.52 Å². The maximum absolute atomic E-state index is 11.3.